The summed E-state index contributed by atoms with van der Waals surface area (Å²) in [5, 5.41) is 19.3. The molecule has 0 radical (unpaired) electrons. The SMILES string of the molecule is O=C(O)C=CSSSSC=CC(=O)O. The Balaban J connectivity index is 3.30. The lowest BCUT2D eigenvalue weighted by Crippen LogP contribution is -1.83. The minimum Gasteiger partial charge on any atom is -0.478 e. The Hall–Kier alpha value is -0.180. The molecule has 0 spiro atoms. The highest BCUT2D eigenvalue weighted by Crippen LogP contribution is 2.43. The number of hydrogen-bond donors (Lipinski definition) is 2. The molecule has 0 aromatic heterocycles. The van der Waals surface area contributed by atoms with Crippen molar-refractivity contribution in [2.24, 2.45) is 0 Å². The Morgan fingerprint density at radius 2 is 1.21 bits per heavy atom. The fourth-order valence-corrected chi connectivity index (χ4v) is 4.67. The smallest absolute Gasteiger partial charge is 0.328 e. The third-order valence-corrected chi connectivity index (χ3v) is 6.06. The van der Waals surface area contributed by atoms with Crippen molar-refractivity contribution in [2.45, 2.75) is 0 Å². The van der Waals surface area contributed by atoms with E-state index >= 15 is 0 Å². The van der Waals surface area contributed by atoms with E-state index in [0.29, 0.717) is 0 Å². The van der Waals surface area contributed by atoms with Crippen molar-refractivity contribution in [2.75, 3.05) is 0 Å². The second-order valence-corrected chi connectivity index (χ2v) is 7.23. The second kappa shape index (κ2) is 9.38. The Labute approximate surface area is 95.8 Å². The van der Waals surface area contributed by atoms with Gasteiger partial charge < -0.3 is 10.2 Å². The van der Waals surface area contributed by atoms with Crippen molar-refractivity contribution >= 4 is 53.2 Å². The molecule has 14 heavy (non-hydrogen) atoms. The molecule has 0 unspecified atom stereocenters. The van der Waals surface area contributed by atoms with Crippen molar-refractivity contribution in [1.82, 2.24) is 0 Å². The molecule has 2 N–H and O–H groups in total. The minimum absolute atomic E-state index is 0.985. The van der Waals surface area contributed by atoms with Gasteiger partial charge in [0.1, 0.15) is 0 Å². The third kappa shape index (κ3) is 11.8. The summed E-state index contributed by atoms with van der Waals surface area (Å²) in [5.74, 6) is -1.97. The van der Waals surface area contributed by atoms with Crippen molar-refractivity contribution in [3.63, 3.8) is 0 Å². The Bertz CT molecular complexity index is 224. The van der Waals surface area contributed by atoms with Gasteiger partial charge in [-0.05, 0) is 30.5 Å². The van der Waals surface area contributed by atoms with Gasteiger partial charge in [0, 0.05) is 12.2 Å². The van der Waals surface area contributed by atoms with E-state index in [9.17, 15) is 9.59 Å². The van der Waals surface area contributed by atoms with Crippen LogP contribution in [0.2, 0.25) is 0 Å². The molecule has 0 aromatic carbocycles. The van der Waals surface area contributed by atoms with Crippen LogP contribution in [-0.4, -0.2) is 22.2 Å². The van der Waals surface area contributed by atoms with E-state index in [1.165, 1.54) is 52.1 Å². The summed E-state index contributed by atoms with van der Waals surface area (Å²) >= 11 is 0. The predicted octanol–water partition coefficient (Wildman–Crippen LogP) is 2.86. The molecule has 78 valence electrons. The van der Waals surface area contributed by atoms with E-state index < -0.39 is 11.9 Å². The van der Waals surface area contributed by atoms with Gasteiger partial charge in [-0.1, -0.05) is 21.6 Å². The number of hydrogen-bond acceptors (Lipinski definition) is 6. The fraction of sp³-hybridized carbons (Fsp3) is 0. The molecular formula is C6H6O4S4. The first-order valence-corrected chi connectivity index (χ1v) is 8.01. The maximum absolute atomic E-state index is 10.0. The number of carboxylic acid groups (broad SMARTS) is 2. The quantitative estimate of drug-likeness (QED) is 0.415. The van der Waals surface area contributed by atoms with Crippen LogP contribution in [0.5, 0.6) is 0 Å². The summed E-state index contributed by atoms with van der Waals surface area (Å²) in [6.07, 6.45) is 2.08. The molecule has 8 heteroatoms. The molecule has 0 rings (SSSR count). The summed E-state index contributed by atoms with van der Waals surface area (Å²) in [6.45, 7) is 0. The Morgan fingerprint density at radius 1 is 0.857 bits per heavy atom. The van der Waals surface area contributed by atoms with Gasteiger partial charge in [0.05, 0.1) is 0 Å². The molecule has 0 saturated heterocycles. The monoisotopic (exact) mass is 270 g/mol. The molecule has 0 aliphatic heterocycles. The van der Waals surface area contributed by atoms with Crippen molar-refractivity contribution in [1.29, 1.82) is 0 Å². The molecule has 0 aliphatic carbocycles. The van der Waals surface area contributed by atoms with E-state index in [0.717, 1.165) is 12.2 Å². The lowest BCUT2D eigenvalue weighted by molar-refractivity contribution is -0.132. The highest BCUT2D eigenvalue weighted by Gasteiger charge is 1.89. The summed E-state index contributed by atoms with van der Waals surface area (Å²) in [6, 6.07) is 0. The first kappa shape index (κ1) is 13.8. The molecule has 0 atom stereocenters. The summed E-state index contributed by atoms with van der Waals surface area (Å²) in [5.41, 5.74) is 0. The van der Waals surface area contributed by atoms with Crippen LogP contribution in [0.3, 0.4) is 0 Å². The summed E-state index contributed by atoms with van der Waals surface area (Å²) in [7, 11) is 5.21. The zero-order valence-electron chi connectivity index (χ0n) is 6.65. The number of carbonyl (C=O) groups is 2. The van der Waals surface area contributed by atoms with Crippen LogP contribution >= 0.6 is 41.2 Å². The molecule has 0 aliphatic rings. The van der Waals surface area contributed by atoms with E-state index in [-0.39, 0.29) is 0 Å². The zero-order chi connectivity index (χ0) is 10.8. The minimum atomic E-state index is -0.985. The molecule has 4 nitrogen and oxygen atoms in total. The Morgan fingerprint density at radius 3 is 1.50 bits per heavy atom. The molecule has 0 aromatic rings. The largest absolute Gasteiger partial charge is 0.478 e. The highest BCUT2D eigenvalue weighted by molar-refractivity contribution is 9.26. The van der Waals surface area contributed by atoms with Crippen LogP contribution < -0.4 is 0 Å². The Kier molecular flexibility index (Phi) is 9.26. The van der Waals surface area contributed by atoms with Gasteiger partial charge in [-0.2, -0.15) is 0 Å². The summed E-state index contributed by atoms with van der Waals surface area (Å²) < 4.78 is 0. The van der Waals surface area contributed by atoms with Gasteiger partial charge in [-0.25, -0.2) is 9.59 Å². The van der Waals surface area contributed by atoms with Gasteiger partial charge in [0.15, 0.2) is 0 Å². The molecule has 0 amide bonds. The highest BCUT2D eigenvalue weighted by atomic mass is 33.7. The van der Waals surface area contributed by atoms with E-state index in [1.807, 2.05) is 0 Å². The average molecular weight is 270 g/mol. The van der Waals surface area contributed by atoms with Gasteiger partial charge >= 0.3 is 11.9 Å². The summed E-state index contributed by atoms with van der Waals surface area (Å²) in [4.78, 5) is 20.0. The van der Waals surface area contributed by atoms with E-state index in [1.54, 1.807) is 0 Å². The molecule has 0 fully saturated rings. The van der Waals surface area contributed by atoms with E-state index in [4.69, 9.17) is 10.2 Å². The molecule has 0 heterocycles. The van der Waals surface area contributed by atoms with Gasteiger partial charge in [0.2, 0.25) is 0 Å². The van der Waals surface area contributed by atoms with Gasteiger partial charge in [0.25, 0.3) is 0 Å². The molecule has 0 saturated carbocycles. The van der Waals surface area contributed by atoms with Crippen LogP contribution in [-0.2, 0) is 9.59 Å². The predicted molar refractivity (Wildman–Crippen MR) is 63.9 cm³/mol. The third-order valence-electron chi connectivity index (χ3n) is 0.639. The molecule has 0 bridgehead atoms. The van der Waals surface area contributed by atoms with Crippen LogP contribution in [0, 0.1) is 0 Å². The number of aliphatic carboxylic acids is 2. The van der Waals surface area contributed by atoms with Crippen molar-refractivity contribution in [3.8, 4) is 0 Å². The van der Waals surface area contributed by atoms with Crippen molar-refractivity contribution in [3.05, 3.63) is 23.0 Å². The second-order valence-electron chi connectivity index (χ2n) is 1.61. The zero-order valence-corrected chi connectivity index (χ0v) is 9.92. The lowest BCUT2D eigenvalue weighted by Gasteiger charge is -1.89. The normalized spacial score (nSPS) is 11.1. The maximum Gasteiger partial charge on any atom is 0.328 e. The first-order chi connectivity index (χ1) is 6.63. The van der Waals surface area contributed by atoms with Crippen LogP contribution in [0.1, 0.15) is 0 Å². The average Bonchev–Trinajstić information content (AvgIpc) is 2.08. The van der Waals surface area contributed by atoms with Gasteiger partial charge in [-0.3, -0.25) is 0 Å². The topological polar surface area (TPSA) is 74.6 Å². The van der Waals surface area contributed by atoms with Crippen molar-refractivity contribution < 1.29 is 19.8 Å². The fourth-order valence-electron chi connectivity index (χ4n) is 0.249. The number of rotatable bonds is 7. The first-order valence-electron chi connectivity index (χ1n) is 3.07. The van der Waals surface area contributed by atoms with E-state index in [2.05, 4.69) is 0 Å². The lowest BCUT2D eigenvalue weighted by atomic mass is 10.7. The van der Waals surface area contributed by atoms with Crippen LogP contribution in [0.25, 0.3) is 0 Å². The molecular weight excluding hydrogens is 264 g/mol. The van der Waals surface area contributed by atoms with Gasteiger partial charge in [-0.15, -0.1) is 0 Å². The maximum atomic E-state index is 10.0. The standard InChI is InChI=1S/C6H6O4S4/c7-5(8)1-3-11-13-14-12-4-2-6(9)10/h1-4H,(H,7,8)(H,9,10). The van der Waals surface area contributed by atoms with Crippen LogP contribution in [0.15, 0.2) is 23.0 Å². The van der Waals surface area contributed by atoms with Crippen LogP contribution in [0.4, 0.5) is 0 Å². The number of carboxylic acids is 2.